The van der Waals surface area contributed by atoms with Crippen molar-refractivity contribution in [2.45, 2.75) is 33.2 Å². The highest BCUT2D eigenvalue weighted by atomic mass is 16.5. The molecule has 0 aliphatic heterocycles. The molecule has 0 saturated heterocycles. The Balaban J connectivity index is 2.45. The van der Waals surface area contributed by atoms with Gasteiger partial charge in [-0.15, -0.1) is 0 Å². The molecule has 1 aromatic carbocycles. The van der Waals surface area contributed by atoms with E-state index in [2.05, 4.69) is 44.3 Å². The second kappa shape index (κ2) is 8.94. The first-order chi connectivity index (χ1) is 9.13. The largest absolute Gasteiger partial charge is 0.493 e. The number of nitrogens with one attached hydrogen (secondary N) is 1. The van der Waals surface area contributed by atoms with Crippen molar-refractivity contribution in [3.8, 4) is 5.75 Å². The average molecular weight is 265 g/mol. The van der Waals surface area contributed by atoms with Gasteiger partial charge in [0.1, 0.15) is 5.75 Å². The van der Waals surface area contributed by atoms with E-state index < -0.39 is 0 Å². The maximum atomic E-state index is 5.75. The minimum Gasteiger partial charge on any atom is -0.493 e. The van der Waals surface area contributed by atoms with Crippen LogP contribution in [0.15, 0.2) is 24.3 Å². The predicted octanol–water partition coefficient (Wildman–Crippen LogP) is 3.41. The van der Waals surface area contributed by atoms with Crippen LogP contribution in [0.3, 0.4) is 0 Å². The standard InChI is InChI=1S/C16H27NO2/c1-13(2)12-19-16-8-5-7-15(11-16)14(3)17-9-6-10-18-4/h5,7-8,11,13-14,17H,6,9-10,12H2,1-4H3/t14-/m1/s1. The Morgan fingerprint density at radius 1 is 1.21 bits per heavy atom. The smallest absolute Gasteiger partial charge is 0.119 e. The molecule has 0 saturated carbocycles. The van der Waals surface area contributed by atoms with Crippen LogP contribution in [0.5, 0.6) is 5.75 Å². The first kappa shape index (κ1) is 16.0. The fourth-order valence-corrected chi connectivity index (χ4v) is 1.79. The third kappa shape index (κ3) is 6.60. The Kier molecular flexibility index (Phi) is 7.53. The van der Waals surface area contributed by atoms with Crippen molar-refractivity contribution in [1.29, 1.82) is 0 Å². The van der Waals surface area contributed by atoms with E-state index in [0.717, 1.165) is 31.9 Å². The number of methoxy groups -OCH3 is 1. The molecule has 0 radical (unpaired) electrons. The summed E-state index contributed by atoms with van der Waals surface area (Å²) in [5, 5.41) is 3.49. The van der Waals surface area contributed by atoms with E-state index in [1.165, 1.54) is 5.56 Å². The van der Waals surface area contributed by atoms with Crippen molar-refractivity contribution in [3.05, 3.63) is 29.8 Å². The van der Waals surface area contributed by atoms with Crippen LogP contribution in [0.1, 0.15) is 38.8 Å². The molecule has 0 spiro atoms. The minimum atomic E-state index is 0.333. The number of ether oxygens (including phenoxy) is 2. The van der Waals surface area contributed by atoms with Crippen LogP contribution in [0.4, 0.5) is 0 Å². The Morgan fingerprint density at radius 3 is 2.68 bits per heavy atom. The van der Waals surface area contributed by atoms with Gasteiger partial charge in [-0.3, -0.25) is 0 Å². The highest BCUT2D eigenvalue weighted by molar-refractivity contribution is 5.30. The minimum absolute atomic E-state index is 0.333. The molecular formula is C16H27NO2. The maximum Gasteiger partial charge on any atom is 0.119 e. The molecule has 0 fully saturated rings. The summed E-state index contributed by atoms with van der Waals surface area (Å²) >= 11 is 0. The molecule has 0 unspecified atom stereocenters. The Bertz CT molecular complexity index is 352. The van der Waals surface area contributed by atoms with Gasteiger partial charge in [-0.1, -0.05) is 26.0 Å². The molecule has 0 heterocycles. The summed E-state index contributed by atoms with van der Waals surface area (Å²) in [7, 11) is 1.74. The summed E-state index contributed by atoms with van der Waals surface area (Å²) in [4.78, 5) is 0. The molecule has 0 aliphatic rings. The van der Waals surface area contributed by atoms with E-state index >= 15 is 0 Å². The molecule has 0 aromatic heterocycles. The SMILES string of the molecule is COCCCN[C@H](C)c1cccc(OCC(C)C)c1. The summed E-state index contributed by atoms with van der Waals surface area (Å²) in [5.74, 6) is 1.50. The van der Waals surface area contributed by atoms with E-state index in [1.807, 2.05) is 6.07 Å². The van der Waals surface area contributed by atoms with Crippen molar-refractivity contribution in [2.75, 3.05) is 26.9 Å². The number of hydrogen-bond acceptors (Lipinski definition) is 3. The van der Waals surface area contributed by atoms with Gasteiger partial charge in [0.2, 0.25) is 0 Å². The molecule has 3 nitrogen and oxygen atoms in total. The zero-order valence-electron chi connectivity index (χ0n) is 12.6. The highest BCUT2D eigenvalue weighted by Gasteiger charge is 2.06. The van der Waals surface area contributed by atoms with Crippen LogP contribution in [-0.2, 0) is 4.74 Å². The summed E-state index contributed by atoms with van der Waals surface area (Å²) in [5.41, 5.74) is 1.26. The molecule has 1 atom stereocenters. The predicted molar refractivity (Wildman–Crippen MR) is 79.7 cm³/mol. The lowest BCUT2D eigenvalue weighted by Crippen LogP contribution is -2.20. The van der Waals surface area contributed by atoms with E-state index in [4.69, 9.17) is 9.47 Å². The Labute approximate surface area is 117 Å². The number of rotatable bonds is 9. The van der Waals surface area contributed by atoms with Crippen LogP contribution < -0.4 is 10.1 Å². The lowest BCUT2D eigenvalue weighted by Gasteiger charge is -2.16. The van der Waals surface area contributed by atoms with Gasteiger partial charge in [0.15, 0.2) is 0 Å². The fourth-order valence-electron chi connectivity index (χ4n) is 1.79. The monoisotopic (exact) mass is 265 g/mol. The van der Waals surface area contributed by atoms with E-state index in [9.17, 15) is 0 Å². The van der Waals surface area contributed by atoms with E-state index in [1.54, 1.807) is 7.11 Å². The Hall–Kier alpha value is -1.06. The summed E-state index contributed by atoms with van der Waals surface area (Å²) < 4.78 is 10.8. The van der Waals surface area contributed by atoms with Gasteiger partial charge in [-0.05, 0) is 43.5 Å². The number of benzene rings is 1. The molecule has 0 aliphatic carbocycles. The fraction of sp³-hybridized carbons (Fsp3) is 0.625. The molecule has 19 heavy (non-hydrogen) atoms. The lowest BCUT2D eigenvalue weighted by atomic mass is 10.1. The van der Waals surface area contributed by atoms with Crippen LogP contribution in [0, 0.1) is 5.92 Å². The van der Waals surface area contributed by atoms with Gasteiger partial charge in [0.05, 0.1) is 6.61 Å². The summed E-state index contributed by atoms with van der Waals surface area (Å²) in [6.07, 6.45) is 1.03. The zero-order chi connectivity index (χ0) is 14.1. The first-order valence-corrected chi connectivity index (χ1v) is 7.08. The third-order valence-corrected chi connectivity index (χ3v) is 2.92. The van der Waals surface area contributed by atoms with Gasteiger partial charge in [0, 0.05) is 19.8 Å². The molecule has 1 aromatic rings. The van der Waals surface area contributed by atoms with Gasteiger partial charge < -0.3 is 14.8 Å². The summed E-state index contributed by atoms with van der Waals surface area (Å²) in [6, 6.07) is 8.66. The van der Waals surface area contributed by atoms with Crippen molar-refractivity contribution in [1.82, 2.24) is 5.32 Å². The lowest BCUT2D eigenvalue weighted by molar-refractivity contribution is 0.193. The van der Waals surface area contributed by atoms with Crippen molar-refractivity contribution in [2.24, 2.45) is 5.92 Å². The van der Waals surface area contributed by atoms with Gasteiger partial charge >= 0.3 is 0 Å². The van der Waals surface area contributed by atoms with Crippen LogP contribution in [0.2, 0.25) is 0 Å². The topological polar surface area (TPSA) is 30.5 Å². The normalized spacial score (nSPS) is 12.7. The second-order valence-corrected chi connectivity index (χ2v) is 5.30. The van der Waals surface area contributed by atoms with Crippen molar-refractivity contribution in [3.63, 3.8) is 0 Å². The first-order valence-electron chi connectivity index (χ1n) is 7.08. The molecule has 1 rings (SSSR count). The van der Waals surface area contributed by atoms with Crippen LogP contribution in [0.25, 0.3) is 0 Å². The molecule has 0 amide bonds. The van der Waals surface area contributed by atoms with Crippen LogP contribution in [-0.4, -0.2) is 26.9 Å². The molecule has 1 N–H and O–H groups in total. The maximum absolute atomic E-state index is 5.75. The third-order valence-electron chi connectivity index (χ3n) is 2.92. The van der Waals surface area contributed by atoms with Gasteiger partial charge in [-0.2, -0.15) is 0 Å². The van der Waals surface area contributed by atoms with Gasteiger partial charge in [0.25, 0.3) is 0 Å². The quantitative estimate of drug-likeness (QED) is 0.694. The van der Waals surface area contributed by atoms with E-state index in [0.29, 0.717) is 12.0 Å². The Morgan fingerprint density at radius 2 is 2.00 bits per heavy atom. The zero-order valence-corrected chi connectivity index (χ0v) is 12.6. The molecule has 0 bridgehead atoms. The molecular weight excluding hydrogens is 238 g/mol. The molecule has 3 heteroatoms. The average Bonchev–Trinajstić information content (AvgIpc) is 2.41. The van der Waals surface area contributed by atoms with Crippen molar-refractivity contribution >= 4 is 0 Å². The van der Waals surface area contributed by atoms with Gasteiger partial charge in [-0.25, -0.2) is 0 Å². The van der Waals surface area contributed by atoms with Crippen molar-refractivity contribution < 1.29 is 9.47 Å². The van der Waals surface area contributed by atoms with E-state index in [-0.39, 0.29) is 0 Å². The molecule has 108 valence electrons. The summed E-state index contributed by atoms with van der Waals surface area (Å²) in [6.45, 7) is 9.02. The highest BCUT2D eigenvalue weighted by Crippen LogP contribution is 2.19. The van der Waals surface area contributed by atoms with Crippen LogP contribution >= 0.6 is 0 Å². The second-order valence-electron chi connectivity index (χ2n) is 5.30. The number of hydrogen-bond donors (Lipinski definition) is 1.